The Morgan fingerprint density at radius 1 is 1.05 bits per heavy atom. The zero-order chi connectivity index (χ0) is 27.1. The molecule has 206 valence electrons. The second-order valence-electron chi connectivity index (χ2n) is 9.74. The van der Waals surface area contributed by atoms with Gasteiger partial charge in [-0.05, 0) is 66.7 Å². The van der Waals surface area contributed by atoms with Gasteiger partial charge in [-0.1, -0.05) is 17.3 Å². The molecule has 1 atom stereocenters. The minimum absolute atomic E-state index is 0. The summed E-state index contributed by atoms with van der Waals surface area (Å²) in [4.78, 5) is 24.7. The number of carbonyl (C=O) groups excluding carboxylic acids is 1. The largest absolute Gasteiger partial charge is 0.315 e. The lowest BCUT2D eigenvalue weighted by atomic mass is 10.0. The van der Waals surface area contributed by atoms with Crippen molar-refractivity contribution in [3.63, 3.8) is 0 Å². The molecule has 4 aromatic heterocycles. The number of nitrogens with one attached hydrogen (secondary N) is 2. The molecule has 0 spiro atoms. The van der Waals surface area contributed by atoms with E-state index in [1.165, 1.54) is 16.8 Å². The minimum Gasteiger partial charge on any atom is -0.315 e. The molecule has 6 aromatic rings. The molecule has 1 saturated heterocycles. The van der Waals surface area contributed by atoms with Crippen LogP contribution in [-0.4, -0.2) is 60.2 Å². The Balaban J connectivity index is 0.00000302. The first-order valence-electron chi connectivity index (χ1n) is 13.1. The molecule has 0 radical (unpaired) electrons. The molecule has 7 rings (SSSR count). The fraction of sp³-hybridized carbons (Fsp3) is 0.172. The van der Waals surface area contributed by atoms with Crippen LogP contribution in [0, 0.1) is 5.82 Å². The molecule has 12 heteroatoms. The number of carbonyl (C=O) groups is 1. The third-order valence-electron chi connectivity index (χ3n) is 7.29. The van der Waals surface area contributed by atoms with Crippen molar-refractivity contribution in [2.24, 2.45) is 0 Å². The predicted octanol–water partition coefficient (Wildman–Crippen LogP) is 4.71. The summed E-state index contributed by atoms with van der Waals surface area (Å²) >= 11 is 0. The van der Waals surface area contributed by atoms with Gasteiger partial charge < -0.3 is 5.32 Å². The standard InChI is InChI=1S/C29H24FN9O.ClH/c30-25-14-21(39-28-26(36-37-39)4-2-11-32-28)6-8-24(25)29(40)38(22-3-1-10-31-17-22)27-23-7-5-18(20-15-34-35-16-20)13-19(23)9-12-33-27;/h2,4-9,11-16,22,31H,1,3,10,17H2,(H,34,35);1H. The van der Waals surface area contributed by atoms with Gasteiger partial charge in [-0.3, -0.25) is 14.8 Å². The number of rotatable bonds is 5. The molecule has 0 saturated carbocycles. The number of amides is 1. The molecular weight excluding hydrogens is 545 g/mol. The molecule has 0 aliphatic carbocycles. The number of aromatic nitrogens is 7. The third kappa shape index (κ3) is 4.79. The second-order valence-corrected chi connectivity index (χ2v) is 9.74. The van der Waals surface area contributed by atoms with Gasteiger partial charge in [0, 0.05) is 42.2 Å². The molecule has 41 heavy (non-hydrogen) atoms. The van der Waals surface area contributed by atoms with E-state index in [1.807, 2.05) is 30.5 Å². The lowest BCUT2D eigenvalue weighted by molar-refractivity contribution is 0.0968. The molecule has 2 aromatic carbocycles. The quantitative estimate of drug-likeness (QED) is 0.309. The van der Waals surface area contributed by atoms with Gasteiger partial charge in [0.2, 0.25) is 0 Å². The van der Waals surface area contributed by atoms with Gasteiger partial charge in [0.25, 0.3) is 5.91 Å². The molecule has 0 bridgehead atoms. The van der Waals surface area contributed by atoms with Crippen LogP contribution in [0.2, 0.25) is 0 Å². The molecule has 1 amide bonds. The van der Waals surface area contributed by atoms with Gasteiger partial charge in [-0.25, -0.2) is 14.4 Å². The fourth-order valence-corrected chi connectivity index (χ4v) is 5.31. The summed E-state index contributed by atoms with van der Waals surface area (Å²) in [5.74, 6) is -0.596. The van der Waals surface area contributed by atoms with Gasteiger partial charge in [0.1, 0.15) is 17.2 Å². The highest BCUT2D eigenvalue weighted by molar-refractivity contribution is 6.10. The van der Waals surface area contributed by atoms with Gasteiger partial charge in [-0.15, -0.1) is 17.5 Å². The molecule has 1 aliphatic heterocycles. The van der Waals surface area contributed by atoms with Crippen LogP contribution in [0.1, 0.15) is 23.2 Å². The first kappa shape index (κ1) is 26.5. The van der Waals surface area contributed by atoms with E-state index in [1.54, 1.807) is 41.7 Å². The Morgan fingerprint density at radius 2 is 1.98 bits per heavy atom. The Morgan fingerprint density at radius 3 is 2.78 bits per heavy atom. The molecule has 5 heterocycles. The van der Waals surface area contributed by atoms with Crippen molar-refractivity contribution in [2.75, 3.05) is 18.0 Å². The first-order chi connectivity index (χ1) is 19.7. The monoisotopic (exact) mass is 569 g/mol. The smallest absolute Gasteiger partial charge is 0.262 e. The predicted molar refractivity (Wildman–Crippen MR) is 156 cm³/mol. The van der Waals surface area contributed by atoms with Gasteiger partial charge >= 0.3 is 0 Å². The van der Waals surface area contributed by atoms with Gasteiger partial charge in [-0.2, -0.15) is 9.78 Å². The summed E-state index contributed by atoms with van der Waals surface area (Å²) in [6, 6.07) is 15.7. The molecule has 1 unspecified atom stereocenters. The molecular formula is C29H25ClFN9O. The van der Waals surface area contributed by atoms with Crippen LogP contribution in [0.15, 0.2) is 79.4 Å². The molecule has 2 N–H and O–H groups in total. The Bertz CT molecular complexity index is 1850. The van der Waals surface area contributed by atoms with E-state index >= 15 is 4.39 Å². The lowest BCUT2D eigenvalue weighted by Gasteiger charge is -2.34. The number of hydrogen-bond donors (Lipinski definition) is 2. The van der Waals surface area contributed by atoms with E-state index < -0.39 is 11.7 Å². The van der Waals surface area contributed by atoms with Crippen LogP contribution in [-0.2, 0) is 0 Å². The maximum Gasteiger partial charge on any atom is 0.262 e. The van der Waals surface area contributed by atoms with Crippen molar-refractivity contribution in [1.82, 2.24) is 40.5 Å². The number of H-pyrrole nitrogens is 1. The first-order valence-corrected chi connectivity index (χ1v) is 13.1. The van der Waals surface area contributed by atoms with Crippen molar-refractivity contribution >= 4 is 46.1 Å². The number of anilines is 1. The zero-order valence-corrected chi connectivity index (χ0v) is 22.6. The number of halogens is 2. The maximum atomic E-state index is 15.7. The average Bonchev–Trinajstić information content (AvgIpc) is 3.69. The van der Waals surface area contributed by atoms with E-state index in [9.17, 15) is 4.79 Å². The number of hydrogen-bond acceptors (Lipinski definition) is 7. The van der Waals surface area contributed by atoms with E-state index in [0.717, 1.165) is 41.3 Å². The zero-order valence-electron chi connectivity index (χ0n) is 21.7. The van der Waals surface area contributed by atoms with Crippen LogP contribution in [0.25, 0.3) is 38.8 Å². The third-order valence-corrected chi connectivity index (χ3v) is 7.29. The summed E-state index contributed by atoms with van der Waals surface area (Å²) in [6.07, 6.45) is 8.59. The van der Waals surface area contributed by atoms with Crippen LogP contribution in [0.5, 0.6) is 0 Å². The highest BCUT2D eigenvalue weighted by Crippen LogP contribution is 2.32. The van der Waals surface area contributed by atoms with Crippen molar-refractivity contribution in [1.29, 1.82) is 0 Å². The number of piperidine rings is 1. The summed E-state index contributed by atoms with van der Waals surface area (Å²) in [5, 5.41) is 20.2. The summed E-state index contributed by atoms with van der Waals surface area (Å²) in [6.45, 7) is 1.46. The molecule has 1 aliphatic rings. The topological polar surface area (TPSA) is 118 Å². The van der Waals surface area contributed by atoms with Crippen molar-refractivity contribution in [3.8, 4) is 16.8 Å². The Hall–Kier alpha value is -4.74. The Kier molecular flexibility index (Phi) is 7.12. The number of benzene rings is 2. The van der Waals surface area contributed by atoms with Crippen LogP contribution in [0.3, 0.4) is 0 Å². The number of fused-ring (bicyclic) bond motifs is 2. The summed E-state index contributed by atoms with van der Waals surface area (Å²) < 4.78 is 17.1. The van der Waals surface area contributed by atoms with E-state index in [-0.39, 0.29) is 24.0 Å². The molecule has 10 nitrogen and oxygen atoms in total. The van der Waals surface area contributed by atoms with E-state index in [2.05, 4.69) is 35.8 Å². The van der Waals surface area contributed by atoms with Crippen LogP contribution < -0.4 is 10.2 Å². The van der Waals surface area contributed by atoms with Crippen LogP contribution >= 0.6 is 12.4 Å². The van der Waals surface area contributed by atoms with E-state index in [0.29, 0.717) is 29.2 Å². The van der Waals surface area contributed by atoms with E-state index in [4.69, 9.17) is 0 Å². The number of pyridine rings is 2. The second kappa shape index (κ2) is 11.0. The van der Waals surface area contributed by atoms with Crippen molar-refractivity contribution in [2.45, 2.75) is 18.9 Å². The molecule has 1 fully saturated rings. The summed E-state index contributed by atoms with van der Waals surface area (Å²) in [7, 11) is 0. The number of nitrogens with zero attached hydrogens (tertiary/aromatic N) is 7. The van der Waals surface area contributed by atoms with Gasteiger partial charge in [0.15, 0.2) is 5.65 Å². The maximum absolute atomic E-state index is 15.7. The number of aromatic amines is 1. The highest BCUT2D eigenvalue weighted by Gasteiger charge is 2.31. The lowest BCUT2D eigenvalue weighted by Crippen LogP contribution is -2.49. The Labute approximate surface area is 240 Å². The van der Waals surface area contributed by atoms with Crippen molar-refractivity contribution < 1.29 is 9.18 Å². The van der Waals surface area contributed by atoms with Crippen molar-refractivity contribution in [3.05, 3.63) is 90.8 Å². The average molecular weight is 570 g/mol. The van der Waals surface area contributed by atoms with Gasteiger partial charge in [0.05, 0.1) is 23.5 Å². The minimum atomic E-state index is -0.654. The summed E-state index contributed by atoms with van der Waals surface area (Å²) in [5.41, 5.74) is 3.44. The highest BCUT2D eigenvalue weighted by atomic mass is 35.5. The van der Waals surface area contributed by atoms with Crippen LogP contribution in [0.4, 0.5) is 10.2 Å². The normalized spacial score (nSPS) is 15.1. The fourth-order valence-electron chi connectivity index (χ4n) is 5.31. The SMILES string of the molecule is Cl.O=C(c1ccc(-n2nnc3cccnc32)cc1F)N(c1nccc2cc(-c3cn[nH]c3)ccc12)C1CCCNC1.